The van der Waals surface area contributed by atoms with Gasteiger partial charge < -0.3 is 0 Å². The lowest BCUT2D eigenvalue weighted by molar-refractivity contribution is 1.03. The molecule has 0 radical (unpaired) electrons. The zero-order valence-electron chi connectivity index (χ0n) is 11.2. The fourth-order valence-electron chi connectivity index (χ4n) is 1.49. The van der Waals surface area contributed by atoms with Gasteiger partial charge in [0, 0.05) is 12.0 Å². The molecule has 0 aromatic heterocycles. The van der Waals surface area contributed by atoms with Gasteiger partial charge >= 0.3 is 0 Å². The molecule has 0 saturated carbocycles. The predicted molar refractivity (Wildman–Crippen MR) is 80.3 cm³/mol. The molecule has 0 aliphatic heterocycles. The second kappa shape index (κ2) is 8.14. The lowest BCUT2D eigenvalue weighted by atomic mass is 10.1. The molecule has 0 bridgehead atoms. The second-order valence-corrected chi connectivity index (χ2v) is 4.12. The van der Waals surface area contributed by atoms with Gasteiger partial charge in [-0.1, -0.05) is 66.5 Å². The van der Waals surface area contributed by atoms with Crippen LogP contribution in [-0.4, -0.2) is 0 Å². The quantitative estimate of drug-likeness (QED) is 0.525. The van der Waals surface area contributed by atoms with Gasteiger partial charge in [-0.3, -0.25) is 0 Å². The molecular formula is C18H20. The highest BCUT2D eigenvalue weighted by Gasteiger charge is 1.89. The zero-order chi connectivity index (χ0) is 13.2. The monoisotopic (exact) mass is 236 g/mol. The molecule has 1 aromatic rings. The average molecular weight is 236 g/mol. The lowest BCUT2D eigenvalue weighted by Crippen LogP contribution is -1.82. The fraction of sp³-hybridized carbons (Fsp3) is 0.222. The SMILES string of the molecule is C=C/C(C#CCCc1ccccc1)=C\C(C)=C/C. The largest absolute Gasteiger partial charge is 0.0978 e. The van der Waals surface area contributed by atoms with Crippen LogP contribution in [0.25, 0.3) is 0 Å². The summed E-state index contributed by atoms with van der Waals surface area (Å²) in [6.45, 7) is 7.88. The molecular weight excluding hydrogens is 216 g/mol. The smallest absolute Gasteiger partial charge is 0.0241 e. The number of allylic oxidation sites excluding steroid dienone is 5. The Hall–Kier alpha value is -2.00. The van der Waals surface area contributed by atoms with Crippen LogP contribution in [0.5, 0.6) is 0 Å². The first kappa shape index (κ1) is 14.1. The van der Waals surface area contributed by atoms with Crippen molar-refractivity contribution in [3.05, 3.63) is 71.8 Å². The first-order valence-corrected chi connectivity index (χ1v) is 6.26. The highest BCUT2D eigenvalue weighted by Crippen LogP contribution is 2.04. The molecule has 0 fully saturated rings. The van der Waals surface area contributed by atoms with Crippen molar-refractivity contribution in [1.82, 2.24) is 0 Å². The van der Waals surface area contributed by atoms with Crippen molar-refractivity contribution in [3.8, 4) is 11.8 Å². The summed E-state index contributed by atoms with van der Waals surface area (Å²) in [5.74, 6) is 6.35. The Morgan fingerprint density at radius 3 is 2.61 bits per heavy atom. The molecule has 0 nitrogen and oxygen atoms in total. The predicted octanol–water partition coefficient (Wildman–Crippen LogP) is 4.70. The summed E-state index contributed by atoms with van der Waals surface area (Å²) in [6.07, 6.45) is 7.81. The number of benzene rings is 1. The van der Waals surface area contributed by atoms with Gasteiger partial charge in [0.1, 0.15) is 0 Å². The summed E-state index contributed by atoms with van der Waals surface area (Å²) in [6, 6.07) is 10.4. The van der Waals surface area contributed by atoms with Crippen molar-refractivity contribution in [2.45, 2.75) is 26.7 Å². The van der Waals surface area contributed by atoms with Crippen LogP contribution in [0.2, 0.25) is 0 Å². The van der Waals surface area contributed by atoms with Gasteiger partial charge in [0.05, 0.1) is 0 Å². The van der Waals surface area contributed by atoms with E-state index in [0.29, 0.717) is 0 Å². The third kappa shape index (κ3) is 5.37. The minimum atomic E-state index is 0.879. The molecule has 0 aliphatic rings. The van der Waals surface area contributed by atoms with Crippen molar-refractivity contribution < 1.29 is 0 Å². The van der Waals surface area contributed by atoms with E-state index in [1.54, 1.807) is 0 Å². The van der Waals surface area contributed by atoms with E-state index in [-0.39, 0.29) is 0 Å². The van der Waals surface area contributed by atoms with Crippen LogP contribution in [0.1, 0.15) is 25.8 Å². The van der Waals surface area contributed by atoms with E-state index in [1.165, 1.54) is 11.1 Å². The lowest BCUT2D eigenvalue weighted by Gasteiger charge is -1.95. The van der Waals surface area contributed by atoms with E-state index >= 15 is 0 Å². The molecule has 18 heavy (non-hydrogen) atoms. The van der Waals surface area contributed by atoms with Gasteiger partial charge in [-0.15, -0.1) is 0 Å². The topological polar surface area (TPSA) is 0 Å². The number of hydrogen-bond donors (Lipinski definition) is 0. The molecule has 0 unspecified atom stereocenters. The Labute approximate surface area is 111 Å². The molecule has 0 amide bonds. The minimum absolute atomic E-state index is 0.879. The van der Waals surface area contributed by atoms with E-state index in [0.717, 1.165) is 18.4 Å². The van der Waals surface area contributed by atoms with Crippen LogP contribution < -0.4 is 0 Å². The summed E-state index contributed by atoms with van der Waals surface area (Å²) in [5, 5.41) is 0. The van der Waals surface area contributed by atoms with Crippen molar-refractivity contribution in [3.63, 3.8) is 0 Å². The van der Waals surface area contributed by atoms with Gasteiger partial charge in [-0.05, 0) is 31.9 Å². The van der Waals surface area contributed by atoms with E-state index in [1.807, 2.05) is 19.1 Å². The van der Waals surface area contributed by atoms with E-state index in [4.69, 9.17) is 0 Å². The molecule has 0 aliphatic carbocycles. The molecule has 0 N–H and O–H groups in total. The summed E-state index contributed by atoms with van der Waals surface area (Å²) in [7, 11) is 0. The van der Waals surface area contributed by atoms with Crippen LogP contribution in [-0.2, 0) is 6.42 Å². The van der Waals surface area contributed by atoms with E-state index < -0.39 is 0 Å². The van der Waals surface area contributed by atoms with E-state index in [2.05, 4.69) is 61.8 Å². The summed E-state index contributed by atoms with van der Waals surface area (Å²) in [5.41, 5.74) is 3.53. The van der Waals surface area contributed by atoms with Crippen molar-refractivity contribution >= 4 is 0 Å². The Kier molecular flexibility index (Phi) is 6.36. The summed E-state index contributed by atoms with van der Waals surface area (Å²) < 4.78 is 0. The number of rotatable bonds is 4. The number of hydrogen-bond acceptors (Lipinski definition) is 0. The Morgan fingerprint density at radius 2 is 2.00 bits per heavy atom. The van der Waals surface area contributed by atoms with E-state index in [9.17, 15) is 0 Å². The third-order valence-electron chi connectivity index (χ3n) is 2.67. The maximum atomic E-state index is 3.79. The molecule has 92 valence electrons. The maximum absolute atomic E-state index is 3.79. The molecule has 0 saturated heterocycles. The van der Waals surface area contributed by atoms with Crippen molar-refractivity contribution in [2.75, 3.05) is 0 Å². The first-order chi connectivity index (χ1) is 8.76. The van der Waals surface area contributed by atoms with Gasteiger partial charge in [0.2, 0.25) is 0 Å². The molecule has 0 spiro atoms. The van der Waals surface area contributed by atoms with Crippen LogP contribution >= 0.6 is 0 Å². The summed E-state index contributed by atoms with van der Waals surface area (Å²) in [4.78, 5) is 0. The summed E-state index contributed by atoms with van der Waals surface area (Å²) >= 11 is 0. The Bertz CT molecular complexity index is 490. The number of aryl methyl sites for hydroxylation is 1. The normalized spacial score (nSPS) is 11.7. The minimum Gasteiger partial charge on any atom is -0.0978 e. The highest BCUT2D eigenvalue weighted by atomic mass is 13.9. The molecule has 1 rings (SSSR count). The van der Waals surface area contributed by atoms with Crippen LogP contribution in [0.4, 0.5) is 0 Å². The average Bonchev–Trinajstić information content (AvgIpc) is 2.43. The third-order valence-corrected chi connectivity index (χ3v) is 2.67. The van der Waals surface area contributed by atoms with Crippen LogP contribution in [0.15, 0.2) is 66.3 Å². The molecule has 0 heteroatoms. The van der Waals surface area contributed by atoms with Crippen LogP contribution in [0.3, 0.4) is 0 Å². The van der Waals surface area contributed by atoms with Gasteiger partial charge in [0.15, 0.2) is 0 Å². The van der Waals surface area contributed by atoms with Gasteiger partial charge in [-0.25, -0.2) is 0 Å². The molecule has 0 atom stereocenters. The van der Waals surface area contributed by atoms with Crippen molar-refractivity contribution in [2.24, 2.45) is 0 Å². The molecule has 0 heterocycles. The Balaban J connectivity index is 2.55. The second-order valence-electron chi connectivity index (χ2n) is 4.12. The molecule has 1 aromatic carbocycles. The zero-order valence-corrected chi connectivity index (χ0v) is 11.2. The fourth-order valence-corrected chi connectivity index (χ4v) is 1.49. The highest BCUT2D eigenvalue weighted by molar-refractivity contribution is 5.41. The van der Waals surface area contributed by atoms with Gasteiger partial charge in [0.25, 0.3) is 0 Å². The van der Waals surface area contributed by atoms with Crippen LogP contribution in [0, 0.1) is 11.8 Å². The Morgan fingerprint density at radius 1 is 1.28 bits per heavy atom. The maximum Gasteiger partial charge on any atom is 0.0241 e. The first-order valence-electron chi connectivity index (χ1n) is 6.26. The standard InChI is InChI=1S/C18H20/c1-4-16(3)15-17(5-2)11-9-10-14-18-12-7-6-8-13-18/h4-8,12-13,15H,2,10,14H2,1,3H3/b16-4-,17-15+. The van der Waals surface area contributed by atoms with Gasteiger partial charge in [-0.2, -0.15) is 0 Å². The van der Waals surface area contributed by atoms with Crippen molar-refractivity contribution in [1.29, 1.82) is 0 Å².